The summed E-state index contributed by atoms with van der Waals surface area (Å²) in [4.78, 5) is 1.40. The van der Waals surface area contributed by atoms with E-state index in [9.17, 15) is 4.39 Å². The van der Waals surface area contributed by atoms with Crippen LogP contribution >= 0.6 is 11.6 Å². The third-order valence-corrected chi connectivity index (χ3v) is 2.92. The Hall–Kier alpha value is -1.53. The number of nitrogens with one attached hydrogen (secondary N) is 1. The van der Waals surface area contributed by atoms with Gasteiger partial charge in [-0.05, 0) is 30.0 Å². The highest BCUT2D eigenvalue weighted by Crippen LogP contribution is 2.22. The van der Waals surface area contributed by atoms with Crippen molar-refractivity contribution in [3.8, 4) is 0 Å². The highest BCUT2D eigenvalue weighted by molar-refractivity contribution is 6.30. The van der Waals surface area contributed by atoms with Gasteiger partial charge in [0, 0.05) is 12.5 Å². The molecule has 5 nitrogen and oxygen atoms in total. The smallest absolute Gasteiger partial charge is 0.176 e. The average Bonchev–Trinajstić information content (AvgIpc) is 2.75. The van der Waals surface area contributed by atoms with E-state index in [1.807, 2.05) is 7.05 Å². The molecule has 1 aromatic heterocycles. The number of nitrogens with zero attached hydrogens (tertiary/aromatic N) is 4. The summed E-state index contributed by atoms with van der Waals surface area (Å²) in [5, 5.41) is 15.0. The Morgan fingerprint density at radius 2 is 2.28 bits per heavy atom. The van der Waals surface area contributed by atoms with E-state index in [2.05, 4.69) is 20.7 Å². The monoisotopic (exact) mass is 269 g/mol. The van der Waals surface area contributed by atoms with Crippen LogP contribution in [0, 0.1) is 5.82 Å². The lowest BCUT2D eigenvalue weighted by Crippen LogP contribution is -2.19. The van der Waals surface area contributed by atoms with E-state index >= 15 is 0 Å². The molecule has 18 heavy (non-hydrogen) atoms. The first kappa shape index (κ1) is 12.9. The van der Waals surface area contributed by atoms with Gasteiger partial charge < -0.3 is 5.32 Å². The number of aryl methyl sites for hydroxylation is 1. The van der Waals surface area contributed by atoms with Crippen LogP contribution in [0.4, 0.5) is 4.39 Å². The van der Waals surface area contributed by atoms with Gasteiger partial charge in [-0.15, -0.1) is 10.2 Å². The molecule has 0 aliphatic heterocycles. The molecule has 7 heteroatoms. The van der Waals surface area contributed by atoms with Crippen LogP contribution in [-0.4, -0.2) is 27.3 Å². The molecule has 1 heterocycles. The van der Waals surface area contributed by atoms with Crippen molar-refractivity contribution in [1.82, 2.24) is 25.5 Å². The van der Waals surface area contributed by atoms with Crippen molar-refractivity contribution in [3.63, 3.8) is 0 Å². The van der Waals surface area contributed by atoms with Gasteiger partial charge in [0.05, 0.1) is 12.1 Å². The number of likely N-dealkylation sites (N-methyl/N-ethyl adjacent to an activating group) is 1. The van der Waals surface area contributed by atoms with Crippen molar-refractivity contribution >= 4 is 11.6 Å². The molecule has 0 saturated carbocycles. The van der Waals surface area contributed by atoms with E-state index in [4.69, 9.17) is 11.6 Å². The predicted octanol–water partition coefficient (Wildman–Crippen LogP) is 1.51. The Kier molecular flexibility index (Phi) is 3.88. The summed E-state index contributed by atoms with van der Waals surface area (Å²) in [7, 11) is 3.53. The first-order valence-corrected chi connectivity index (χ1v) is 5.83. The lowest BCUT2D eigenvalue weighted by molar-refractivity contribution is 0.567. The van der Waals surface area contributed by atoms with Gasteiger partial charge in [-0.2, -0.15) is 4.80 Å². The molecular weight excluding hydrogens is 257 g/mol. The Morgan fingerprint density at radius 3 is 2.83 bits per heavy atom. The van der Waals surface area contributed by atoms with Crippen LogP contribution in [0.2, 0.25) is 5.02 Å². The van der Waals surface area contributed by atoms with Crippen LogP contribution in [0.1, 0.15) is 17.4 Å². The molecule has 1 N–H and O–H groups in total. The van der Waals surface area contributed by atoms with Gasteiger partial charge in [-0.25, -0.2) is 4.39 Å². The molecule has 1 aromatic carbocycles. The van der Waals surface area contributed by atoms with Crippen LogP contribution in [0.3, 0.4) is 0 Å². The van der Waals surface area contributed by atoms with E-state index in [1.165, 1.54) is 10.9 Å². The van der Waals surface area contributed by atoms with Crippen molar-refractivity contribution in [2.45, 2.75) is 12.5 Å². The van der Waals surface area contributed by atoms with Crippen LogP contribution in [0.15, 0.2) is 18.2 Å². The predicted molar refractivity (Wildman–Crippen MR) is 65.7 cm³/mol. The highest BCUT2D eigenvalue weighted by atomic mass is 35.5. The quantitative estimate of drug-likeness (QED) is 0.914. The molecule has 0 spiro atoms. The molecular formula is C11H13ClFN5. The molecule has 1 atom stereocenters. The maximum atomic E-state index is 13.1. The van der Waals surface area contributed by atoms with Gasteiger partial charge in [-0.1, -0.05) is 17.7 Å². The average molecular weight is 270 g/mol. The fraction of sp³-hybridized carbons (Fsp3) is 0.364. The van der Waals surface area contributed by atoms with Crippen LogP contribution < -0.4 is 5.32 Å². The van der Waals surface area contributed by atoms with Gasteiger partial charge in [0.15, 0.2) is 5.82 Å². The lowest BCUT2D eigenvalue weighted by Gasteiger charge is -2.15. The molecule has 0 fully saturated rings. The minimum Gasteiger partial charge on any atom is -0.313 e. The van der Waals surface area contributed by atoms with Crippen LogP contribution in [0.5, 0.6) is 0 Å². The topological polar surface area (TPSA) is 55.6 Å². The van der Waals surface area contributed by atoms with E-state index in [0.717, 1.165) is 5.56 Å². The fourth-order valence-corrected chi connectivity index (χ4v) is 1.89. The van der Waals surface area contributed by atoms with E-state index in [-0.39, 0.29) is 11.1 Å². The zero-order chi connectivity index (χ0) is 13.1. The summed E-state index contributed by atoms with van der Waals surface area (Å²) in [5.41, 5.74) is 0.886. The molecule has 96 valence electrons. The number of hydrogen-bond acceptors (Lipinski definition) is 4. The number of tetrazole rings is 1. The summed E-state index contributed by atoms with van der Waals surface area (Å²) < 4.78 is 13.1. The number of aromatic nitrogens is 4. The lowest BCUT2D eigenvalue weighted by atomic mass is 10.0. The molecule has 2 rings (SSSR count). The first-order valence-electron chi connectivity index (χ1n) is 5.45. The summed E-state index contributed by atoms with van der Waals surface area (Å²) in [6.07, 6.45) is 0.562. The summed E-state index contributed by atoms with van der Waals surface area (Å²) in [5.74, 6) is 0.199. The molecule has 0 radical (unpaired) electrons. The maximum absolute atomic E-state index is 13.1. The van der Waals surface area contributed by atoms with Crippen molar-refractivity contribution in [2.24, 2.45) is 7.05 Å². The third-order valence-electron chi connectivity index (χ3n) is 2.63. The minimum absolute atomic E-state index is 0.0349. The molecule has 0 amide bonds. The van der Waals surface area contributed by atoms with Crippen molar-refractivity contribution in [2.75, 3.05) is 7.05 Å². The summed E-state index contributed by atoms with van der Waals surface area (Å²) in [6, 6.07) is 4.62. The first-order chi connectivity index (χ1) is 8.60. The van der Waals surface area contributed by atoms with Gasteiger partial charge in [0.1, 0.15) is 5.82 Å². The Morgan fingerprint density at radius 1 is 1.50 bits per heavy atom. The van der Waals surface area contributed by atoms with Gasteiger partial charge in [0.25, 0.3) is 0 Å². The second-order valence-electron chi connectivity index (χ2n) is 3.91. The van der Waals surface area contributed by atoms with Crippen LogP contribution in [0.25, 0.3) is 0 Å². The number of rotatable bonds is 4. The Bertz CT molecular complexity index is 542. The van der Waals surface area contributed by atoms with Crippen molar-refractivity contribution in [3.05, 3.63) is 40.4 Å². The molecule has 1 unspecified atom stereocenters. The Labute approximate surface area is 109 Å². The third kappa shape index (κ3) is 2.83. The second-order valence-corrected chi connectivity index (χ2v) is 4.32. The van der Waals surface area contributed by atoms with Gasteiger partial charge in [-0.3, -0.25) is 0 Å². The Balaban J connectivity index is 2.19. The van der Waals surface area contributed by atoms with Gasteiger partial charge >= 0.3 is 0 Å². The largest absolute Gasteiger partial charge is 0.313 e. The van der Waals surface area contributed by atoms with Crippen molar-refractivity contribution in [1.29, 1.82) is 0 Å². The summed E-state index contributed by atoms with van der Waals surface area (Å²) >= 11 is 5.77. The minimum atomic E-state index is -0.423. The number of halogens is 2. The number of hydrogen-bond donors (Lipinski definition) is 1. The second kappa shape index (κ2) is 5.41. The molecule has 0 bridgehead atoms. The zero-order valence-electron chi connectivity index (χ0n) is 10.1. The van der Waals surface area contributed by atoms with Crippen LogP contribution in [-0.2, 0) is 13.5 Å². The SMILES string of the molecule is CNC(Cc1nnn(C)n1)c1ccc(F)c(Cl)c1. The maximum Gasteiger partial charge on any atom is 0.176 e. The van der Waals surface area contributed by atoms with Gasteiger partial charge in [0.2, 0.25) is 0 Å². The molecule has 0 aliphatic rings. The summed E-state index contributed by atoms with van der Waals surface area (Å²) in [6.45, 7) is 0. The van der Waals surface area contributed by atoms with E-state index < -0.39 is 5.82 Å². The van der Waals surface area contributed by atoms with E-state index in [1.54, 1.807) is 19.2 Å². The standard InChI is InChI=1S/C11H13ClFN5/c1-14-10(6-11-15-17-18(2)16-11)7-3-4-9(13)8(12)5-7/h3-5,10,14H,6H2,1-2H3. The highest BCUT2D eigenvalue weighted by Gasteiger charge is 2.14. The van der Waals surface area contributed by atoms with Crippen molar-refractivity contribution < 1.29 is 4.39 Å². The van der Waals surface area contributed by atoms with E-state index in [0.29, 0.717) is 12.2 Å². The fourth-order valence-electron chi connectivity index (χ4n) is 1.70. The zero-order valence-corrected chi connectivity index (χ0v) is 10.8. The molecule has 0 saturated heterocycles. The normalized spacial score (nSPS) is 12.7. The molecule has 2 aromatic rings. The molecule has 0 aliphatic carbocycles. The number of benzene rings is 1.